The Bertz CT molecular complexity index is 1160. The highest BCUT2D eigenvalue weighted by atomic mass is 35.5. The van der Waals surface area contributed by atoms with Crippen molar-refractivity contribution in [3.63, 3.8) is 0 Å². The van der Waals surface area contributed by atoms with Crippen molar-refractivity contribution in [1.82, 2.24) is 9.78 Å². The average Bonchev–Trinajstić information content (AvgIpc) is 2.63. The lowest BCUT2D eigenvalue weighted by Crippen LogP contribution is -2.23. The SMILES string of the molecule is Cc1nn(C)c(=O)c(-c2c(F)ccc(Cl)c2C#Cc2ccc(F)cc2)c1O. The van der Waals surface area contributed by atoms with Gasteiger partial charge in [0.15, 0.2) is 5.75 Å². The van der Waals surface area contributed by atoms with Gasteiger partial charge < -0.3 is 5.11 Å². The van der Waals surface area contributed by atoms with Crippen molar-refractivity contribution >= 4 is 11.6 Å². The Morgan fingerprint density at radius 2 is 1.74 bits per heavy atom. The molecule has 0 atom stereocenters. The maximum atomic E-state index is 14.7. The van der Waals surface area contributed by atoms with E-state index in [4.69, 9.17) is 11.6 Å². The third-order valence-electron chi connectivity index (χ3n) is 3.92. The topological polar surface area (TPSA) is 55.1 Å². The fourth-order valence-electron chi connectivity index (χ4n) is 2.57. The van der Waals surface area contributed by atoms with E-state index in [1.165, 1.54) is 44.3 Å². The number of rotatable bonds is 1. The maximum Gasteiger partial charge on any atom is 0.278 e. The number of nitrogens with zero attached hydrogens (tertiary/aromatic N) is 2. The van der Waals surface area contributed by atoms with Crippen molar-refractivity contribution in [3.8, 4) is 28.7 Å². The molecule has 0 saturated carbocycles. The molecule has 0 unspecified atom stereocenters. The molecule has 0 aliphatic rings. The number of benzene rings is 2. The molecule has 4 nitrogen and oxygen atoms in total. The molecule has 0 saturated heterocycles. The zero-order valence-electron chi connectivity index (χ0n) is 14.3. The molecule has 3 aromatic rings. The maximum absolute atomic E-state index is 14.7. The second kappa shape index (κ2) is 7.22. The van der Waals surface area contributed by atoms with Crippen LogP contribution in [0.1, 0.15) is 16.8 Å². The van der Waals surface area contributed by atoms with E-state index in [-0.39, 0.29) is 27.4 Å². The van der Waals surface area contributed by atoms with Crippen LogP contribution >= 0.6 is 11.6 Å². The summed E-state index contributed by atoms with van der Waals surface area (Å²) in [6.07, 6.45) is 0. The predicted octanol–water partition coefficient (Wildman–Crippen LogP) is 3.79. The molecule has 0 spiro atoms. The van der Waals surface area contributed by atoms with E-state index in [2.05, 4.69) is 16.9 Å². The number of halogens is 3. The lowest BCUT2D eigenvalue weighted by molar-refractivity contribution is 0.460. The molecule has 3 rings (SSSR count). The highest BCUT2D eigenvalue weighted by molar-refractivity contribution is 6.32. The number of hydrogen-bond donors (Lipinski definition) is 1. The van der Waals surface area contributed by atoms with Crippen LogP contribution in [0.4, 0.5) is 8.78 Å². The van der Waals surface area contributed by atoms with Crippen molar-refractivity contribution in [2.75, 3.05) is 0 Å². The second-order valence-electron chi connectivity index (χ2n) is 5.77. The number of aromatic nitrogens is 2. The Balaban J connectivity index is 2.30. The summed E-state index contributed by atoms with van der Waals surface area (Å²) < 4.78 is 28.7. The zero-order chi connectivity index (χ0) is 19.7. The van der Waals surface area contributed by atoms with Crippen LogP contribution in [0.25, 0.3) is 11.1 Å². The first-order chi connectivity index (χ1) is 12.8. The monoisotopic (exact) mass is 386 g/mol. The van der Waals surface area contributed by atoms with Crippen molar-refractivity contribution < 1.29 is 13.9 Å². The molecule has 0 aliphatic carbocycles. The van der Waals surface area contributed by atoms with Crippen LogP contribution in [-0.2, 0) is 7.05 Å². The molecule has 0 radical (unpaired) electrons. The highest BCUT2D eigenvalue weighted by Gasteiger charge is 2.22. The fraction of sp³-hybridized carbons (Fsp3) is 0.100. The van der Waals surface area contributed by atoms with E-state index in [0.29, 0.717) is 5.56 Å². The first-order valence-corrected chi connectivity index (χ1v) is 8.20. The Morgan fingerprint density at radius 3 is 2.41 bits per heavy atom. The van der Waals surface area contributed by atoms with Crippen LogP contribution in [0.3, 0.4) is 0 Å². The van der Waals surface area contributed by atoms with Crippen LogP contribution in [0.5, 0.6) is 5.75 Å². The normalized spacial score (nSPS) is 10.4. The van der Waals surface area contributed by atoms with Crippen LogP contribution < -0.4 is 5.56 Å². The van der Waals surface area contributed by atoms with E-state index in [1.807, 2.05) is 0 Å². The van der Waals surface area contributed by atoms with Gasteiger partial charge in [-0.15, -0.1) is 0 Å². The summed E-state index contributed by atoms with van der Waals surface area (Å²) in [4.78, 5) is 12.5. The first-order valence-electron chi connectivity index (χ1n) is 7.82. The molecule has 0 bridgehead atoms. The molecular weight excluding hydrogens is 374 g/mol. The predicted molar refractivity (Wildman–Crippen MR) is 98.7 cm³/mol. The van der Waals surface area contributed by atoms with Gasteiger partial charge in [0.2, 0.25) is 0 Å². The number of hydrogen-bond acceptors (Lipinski definition) is 3. The lowest BCUT2D eigenvalue weighted by Gasteiger charge is -2.12. The third kappa shape index (κ3) is 3.55. The van der Waals surface area contributed by atoms with Gasteiger partial charge in [-0.05, 0) is 43.3 Å². The van der Waals surface area contributed by atoms with Gasteiger partial charge >= 0.3 is 0 Å². The quantitative estimate of drug-likeness (QED) is 0.647. The summed E-state index contributed by atoms with van der Waals surface area (Å²) >= 11 is 6.19. The lowest BCUT2D eigenvalue weighted by atomic mass is 9.98. The van der Waals surface area contributed by atoms with Gasteiger partial charge in [-0.2, -0.15) is 5.10 Å². The molecule has 0 fully saturated rings. The van der Waals surface area contributed by atoms with E-state index in [9.17, 15) is 18.7 Å². The molecule has 7 heteroatoms. The molecule has 27 heavy (non-hydrogen) atoms. The van der Waals surface area contributed by atoms with Gasteiger partial charge in [-0.1, -0.05) is 23.4 Å². The van der Waals surface area contributed by atoms with Crippen LogP contribution in [-0.4, -0.2) is 14.9 Å². The smallest absolute Gasteiger partial charge is 0.278 e. The number of aromatic hydroxyl groups is 1. The number of aryl methyl sites for hydroxylation is 2. The van der Waals surface area contributed by atoms with Gasteiger partial charge in [0, 0.05) is 18.2 Å². The van der Waals surface area contributed by atoms with E-state index in [0.717, 1.165) is 10.7 Å². The summed E-state index contributed by atoms with van der Waals surface area (Å²) in [5, 5.41) is 14.3. The van der Waals surface area contributed by atoms with Gasteiger partial charge in [0.25, 0.3) is 5.56 Å². The molecule has 0 aliphatic heterocycles. The molecule has 1 aromatic heterocycles. The minimum atomic E-state index is -0.763. The van der Waals surface area contributed by atoms with Gasteiger partial charge in [0.05, 0.1) is 16.1 Å². The highest BCUT2D eigenvalue weighted by Crippen LogP contribution is 2.35. The summed E-state index contributed by atoms with van der Waals surface area (Å²) in [5.74, 6) is 3.87. The molecule has 2 aromatic carbocycles. The van der Waals surface area contributed by atoms with E-state index >= 15 is 0 Å². The first kappa shape index (κ1) is 18.6. The zero-order valence-corrected chi connectivity index (χ0v) is 15.1. The molecule has 1 heterocycles. The molecule has 136 valence electrons. The Kier molecular flexibility index (Phi) is 4.98. The largest absolute Gasteiger partial charge is 0.505 e. The van der Waals surface area contributed by atoms with Gasteiger partial charge in [-0.3, -0.25) is 4.79 Å². The molecule has 1 N–H and O–H groups in total. The average molecular weight is 387 g/mol. The van der Waals surface area contributed by atoms with E-state index in [1.54, 1.807) is 0 Å². The van der Waals surface area contributed by atoms with Crippen molar-refractivity contribution in [3.05, 3.63) is 80.2 Å². The summed E-state index contributed by atoms with van der Waals surface area (Å²) in [5.41, 5.74) is -0.494. The molecular formula is C20H13ClF2N2O2. The third-order valence-corrected chi connectivity index (χ3v) is 4.23. The summed E-state index contributed by atoms with van der Waals surface area (Å²) in [7, 11) is 1.39. The van der Waals surface area contributed by atoms with E-state index < -0.39 is 22.9 Å². The Hall–Kier alpha value is -3.17. The van der Waals surface area contributed by atoms with Crippen LogP contribution in [0.15, 0.2) is 41.2 Å². The minimum Gasteiger partial charge on any atom is -0.505 e. The summed E-state index contributed by atoms with van der Waals surface area (Å²) in [6.45, 7) is 1.49. The fourth-order valence-corrected chi connectivity index (χ4v) is 2.78. The second-order valence-corrected chi connectivity index (χ2v) is 6.18. The van der Waals surface area contributed by atoms with Crippen molar-refractivity contribution in [2.45, 2.75) is 6.92 Å². The van der Waals surface area contributed by atoms with Crippen molar-refractivity contribution in [2.24, 2.45) is 7.05 Å². The summed E-state index contributed by atoms with van der Waals surface area (Å²) in [6, 6.07) is 7.81. The minimum absolute atomic E-state index is 0.0407. The molecule has 0 amide bonds. The Morgan fingerprint density at radius 1 is 1.07 bits per heavy atom. The van der Waals surface area contributed by atoms with Gasteiger partial charge in [-0.25, -0.2) is 13.5 Å². The van der Waals surface area contributed by atoms with Crippen LogP contribution in [0.2, 0.25) is 5.02 Å². The Labute approximate surface area is 158 Å². The van der Waals surface area contributed by atoms with Crippen LogP contribution in [0, 0.1) is 30.4 Å². The van der Waals surface area contributed by atoms with Gasteiger partial charge in [0.1, 0.15) is 17.3 Å². The van der Waals surface area contributed by atoms with Crippen molar-refractivity contribution in [1.29, 1.82) is 0 Å². The standard InChI is InChI=1S/C20H13ClF2N2O2/c1-11-19(26)18(20(27)25(2)24-11)17-14(15(21)9-10-16(17)23)8-5-12-3-6-13(22)7-4-12/h3-4,6-7,9-10,26H,1-2H3.